The first-order valence-corrected chi connectivity index (χ1v) is 5.21. The molecule has 1 saturated carbocycles. The summed E-state index contributed by atoms with van der Waals surface area (Å²) in [4.78, 5) is 2.60. The lowest BCUT2D eigenvalue weighted by Crippen LogP contribution is -2.22. The molecule has 1 nitrogen and oxygen atoms in total. The van der Waals surface area contributed by atoms with E-state index in [1.165, 1.54) is 37.1 Å². The smallest absolute Gasteiger partial charge is 0.0404 e. The Bertz CT molecular complexity index is 339. The van der Waals surface area contributed by atoms with E-state index in [-0.39, 0.29) is 0 Å². The van der Waals surface area contributed by atoms with Crippen LogP contribution in [0.1, 0.15) is 24.0 Å². The number of nitrogens with zero attached hydrogens (tertiary/aromatic N) is 1. The van der Waals surface area contributed by atoms with Gasteiger partial charge in [-0.05, 0) is 43.4 Å². The van der Waals surface area contributed by atoms with Crippen LogP contribution in [-0.2, 0) is 6.42 Å². The highest BCUT2D eigenvalue weighted by atomic mass is 15.2. The molecule has 1 aromatic rings. The second-order valence-corrected chi connectivity index (χ2v) is 4.25. The summed E-state index contributed by atoms with van der Waals surface area (Å²) in [5, 5.41) is 0. The maximum atomic E-state index is 2.60. The van der Waals surface area contributed by atoms with Gasteiger partial charge in [-0.1, -0.05) is 12.1 Å². The van der Waals surface area contributed by atoms with E-state index >= 15 is 0 Å². The van der Waals surface area contributed by atoms with Crippen LogP contribution in [-0.4, -0.2) is 12.6 Å². The van der Waals surface area contributed by atoms with E-state index in [4.69, 9.17) is 0 Å². The highest BCUT2D eigenvalue weighted by Gasteiger charge is 2.33. The zero-order valence-corrected chi connectivity index (χ0v) is 8.09. The van der Waals surface area contributed by atoms with Gasteiger partial charge in [-0.15, -0.1) is 0 Å². The van der Waals surface area contributed by atoms with E-state index in [2.05, 4.69) is 30.0 Å². The quantitative estimate of drug-likeness (QED) is 0.630. The van der Waals surface area contributed by atoms with Crippen molar-refractivity contribution in [2.45, 2.75) is 32.2 Å². The van der Waals surface area contributed by atoms with Gasteiger partial charge >= 0.3 is 0 Å². The second-order valence-electron chi connectivity index (χ2n) is 4.25. The van der Waals surface area contributed by atoms with E-state index in [1.807, 2.05) is 0 Å². The molecule has 3 rings (SSSR count). The van der Waals surface area contributed by atoms with E-state index in [0.29, 0.717) is 0 Å². The standard InChI is InChI=1S/C12H15N/c1-9-3-2-4-12-11(9)7-8-13(12)10-5-6-10/h2-4,10H,5-8H2,1H3. The van der Waals surface area contributed by atoms with Crippen LogP contribution in [0.3, 0.4) is 0 Å². The number of benzene rings is 1. The lowest BCUT2D eigenvalue weighted by Gasteiger charge is -2.18. The van der Waals surface area contributed by atoms with Crippen molar-refractivity contribution in [1.29, 1.82) is 0 Å². The number of rotatable bonds is 1. The van der Waals surface area contributed by atoms with E-state index in [1.54, 1.807) is 5.56 Å². The van der Waals surface area contributed by atoms with Gasteiger partial charge in [0.2, 0.25) is 0 Å². The van der Waals surface area contributed by atoms with E-state index < -0.39 is 0 Å². The molecular weight excluding hydrogens is 158 g/mol. The van der Waals surface area contributed by atoms with Crippen LogP contribution in [0.5, 0.6) is 0 Å². The molecule has 68 valence electrons. The van der Waals surface area contributed by atoms with Crippen molar-refractivity contribution in [3.63, 3.8) is 0 Å². The molecule has 0 N–H and O–H groups in total. The summed E-state index contributed by atoms with van der Waals surface area (Å²) < 4.78 is 0. The fraction of sp³-hybridized carbons (Fsp3) is 0.500. The highest BCUT2D eigenvalue weighted by molar-refractivity contribution is 5.61. The van der Waals surface area contributed by atoms with Crippen molar-refractivity contribution in [2.24, 2.45) is 0 Å². The van der Waals surface area contributed by atoms with Gasteiger partial charge in [0.1, 0.15) is 0 Å². The number of hydrogen-bond donors (Lipinski definition) is 0. The average molecular weight is 173 g/mol. The summed E-state index contributed by atoms with van der Waals surface area (Å²) in [6.07, 6.45) is 4.08. The zero-order chi connectivity index (χ0) is 8.84. The molecule has 2 aliphatic rings. The Morgan fingerprint density at radius 3 is 2.92 bits per heavy atom. The molecule has 0 atom stereocenters. The minimum atomic E-state index is 0.878. The predicted octanol–water partition coefficient (Wildman–Crippen LogP) is 2.52. The monoisotopic (exact) mass is 173 g/mol. The molecule has 1 aliphatic carbocycles. The van der Waals surface area contributed by atoms with Crippen molar-refractivity contribution in [3.05, 3.63) is 29.3 Å². The molecule has 0 aromatic heterocycles. The Hall–Kier alpha value is -0.980. The summed E-state index contributed by atoms with van der Waals surface area (Å²) in [5.74, 6) is 0. The van der Waals surface area contributed by atoms with Crippen molar-refractivity contribution in [1.82, 2.24) is 0 Å². The molecule has 1 aromatic carbocycles. The maximum Gasteiger partial charge on any atom is 0.0404 e. The summed E-state index contributed by atoms with van der Waals surface area (Å²) in [6, 6.07) is 7.58. The van der Waals surface area contributed by atoms with Gasteiger partial charge in [0.15, 0.2) is 0 Å². The zero-order valence-electron chi connectivity index (χ0n) is 8.09. The predicted molar refractivity (Wildman–Crippen MR) is 55.3 cm³/mol. The Morgan fingerprint density at radius 1 is 1.31 bits per heavy atom. The van der Waals surface area contributed by atoms with Gasteiger partial charge in [-0.2, -0.15) is 0 Å². The molecule has 13 heavy (non-hydrogen) atoms. The first kappa shape index (κ1) is 7.43. The van der Waals surface area contributed by atoms with Crippen LogP contribution >= 0.6 is 0 Å². The third-order valence-electron chi connectivity index (χ3n) is 3.29. The van der Waals surface area contributed by atoms with Crippen molar-refractivity contribution < 1.29 is 0 Å². The van der Waals surface area contributed by atoms with Gasteiger partial charge in [0.25, 0.3) is 0 Å². The Morgan fingerprint density at radius 2 is 2.15 bits per heavy atom. The lowest BCUT2D eigenvalue weighted by molar-refractivity contribution is 0.830. The van der Waals surface area contributed by atoms with Crippen LogP contribution in [0.15, 0.2) is 18.2 Å². The van der Waals surface area contributed by atoms with Gasteiger partial charge < -0.3 is 4.90 Å². The van der Waals surface area contributed by atoms with E-state index in [0.717, 1.165) is 6.04 Å². The van der Waals surface area contributed by atoms with Crippen molar-refractivity contribution in [3.8, 4) is 0 Å². The van der Waals surface area contributed by atoms with Gasteiger partial charge in [0.05, 0.1) is 0 Å². The third kappa shape index (κ3) is 1.06. The molecule has 1 heteroatoms. The SMILES string of the molecule is Cc1cccc2c1CCN2C1CC1. The summed E-state index contributed by atoms with van der Waals surface area (Å²) in [5.41, 5.74) is 4.58. The Balaban J connectivity index is 2.05. The minimum absolute atomic E-state index is 0.878. The van der Waals surface area contributed by atoms with Crippen molar-refractivity contribution in [2.75, 3.05) is 11.4 Å². The molecule has 1 fully saturated rings. The van der Waals surface area contributed by atoms with Crippen LogP contribution < -0.4 is 4.90 Å². The molecular formula is C12H15N. The molecule has 1 heterocycles. The van der Waals surface area contributed by atoms with Crippen LogP contribution in [0.4, 0.5) is 5.69 Å². The van der Waals surface area contributed by atoms with Crippen LogP contribution in [0.25, 0.3) is 0 Å². The maximum absolute atomic E-state index is 2.60. The molecule has 0 amide bonds. The first-order valence-electron chi connectivity index (χ1n) is 5.21. The summed E-state index contributed by atoms with van der Waals surface area (Å²) >= 11 is 0. The second kappa shape index (κ2) is 2.50. The first-order chi connectivity index (χ1) is 6.36. The van der Waals surface area contributed by atoms with Gasteiger partial charge in [-0.25, -0.2) is 0 Å². The average Bonchev–Trinajstić information content (AvgIpc) is 2.87. The molecule has 1 aliphatic heterocycles. The van der Waals surface area contributed by atoms with Crippen molar-refractivity contribution >= 4 is 5.69 Å². The topological polar surface area (TPSA) is 3.24 Å². The minimum Gasteiger partial charge on any atom is -0.368 e. The molecule has 0 radical (unpaired) electrons. The normalized spacial score (nSPS) is 20.5. The fourth-order valence-corrected chi connectivity index (χ4v) is 2.40. The highest BCUT2D eigenvalue weighted by Crippen LogP contribution is 2.38. The third-order valence-corrected chi connectivity index (χ3v) is 3.29. The largest absolute Gasteiger partial charge is 0.368 e. The van der Waals surface area contributed by atoms with Gasteiger partial charge in [0, 0.05) is 18.3 Å². The van der Waals surface area contributed by atoms with Crippen LogP contribution in [0, 0.1) is 6.92 Å². The van der Waals surface area contributed by atoms with E-state index in [9.17, 15) is 0 Å². The number of fused-ring (bicyclic) bond motifs is 1. The van der Waals surface area contributed by atoms with Gasteiger partial charge in [-0.3, -0.25) is 0 Å². The number of anilines is 1. The van der Waals surface area contributed by atoms with Crippen LogP contribution in [0.2, 0.25) is 0 Å². The fourth-order valence-electron chi connectivity index (χ4n) is 2.40. The molecule has 0 spiro atoms. The summed E-state index contributed by atoms with van der Waals surface area (Å²) in [7, 11) is 0. The summed E-state index contributed by atoms with van der Waals surface area (Å²) in [6.45, 7) is 3.49. The number of hydrogen-bond acceptors (Lipinski definition) is 1. The lowest BCUT2D eigenvalue weighted by atomic mass is 10.1. The molecule has 0 saturated heterocycles. The molecule has 0 unspecified atom stereocenters. The Labute approximate surface area is 79.4 Å². The number of aryl methyl sites for hydroxylation is 1. The molecule has 0 bridgehead atoms. The Kier molecular flexibility index (Phi) is 1.43.